The minimum absolute atomic E-state index is 0.328. The molecular weight excluding hydrogens is 322 g/mol. The molecule has 0 bridgehead atoms. The molecule has 2 aromatic carbocycles. The van der Waals surface area contributed by atoms with Crippen LogP contribution in [0.2, 0.25) is 5.02 Å². The summed E-state index contributed by atoms with van der Waals surface area (Å²) in [6.07, 6.45) is 4.76. The van der Waals surface area contributed by atoms with Gasteiger partial charge in [0.1, 0.15) is 11.5 Å². The van der Waals surface area contributed by atoms with E-state index in [9.17, 15) is 5.11 Å². The van der Waals surface area contributed by atoms with E-state index in [2.05, 4.69) is 4.90 Å². The zero-order valence-corrected chi connectivity index (χ0v) is 14.6. The van der Waals surface area contributed by atoms with Gasteiger partial charge in [-0.05, 0) is 80.1 Å². The molecule has 0 atom stereocenters. The van der Waals surface area contributed by atoms with Crippen molar-refractivity contribution in [2.45, 2.75) is 25.7 Å². The van der Waals surface area contributed by atoms with Crippen LogP contribution in [0.4, 0.5) is 5.69 Å². The normalized spacial score (nSPS) is 15.5. The SMILES string of the molecule is Oc1ccc(N2CCC(CCCOc3ccc(Cl)cc3)CC2)cc1. The van der Waals surface area contributed by atoms with Crippen LogP contribution < -0.4 is 9.64 Å². The quantitative estimate of drug-likeness (QED) is 0.737. The van der Waals surface area contributed by atoms with Gasteiger partial charge in [-0.15, -0.1) is 0 Å². The van der Waals surface area contributed by atoms with E-state index in [1.54, 1.807) is 12.1 Å². The van der Waals surface area contributed by atoms with Crippen LogP contribution in [0.15, 0.2) is 48.5 Å². The van der Waals surface area contributed by atoms with Crippen LogP contribution in [0.3, 0.4) is 0 Å². The molecule has 0 radical (unpaired) electrons. The maximum absolute atomic E-state index is 9.38. The van der Waals surface area contributed by atoms with Crippen molar-refractivity contribution >= 4 is 17.3 Å². The first-order chi connectivity index (χ1) is 11.7. The van der Waals surface area contributed by atoms with Crippen molar-refractivity contribution in [1.82, 2.24) is 0 Å². The van der Waals surface area contributed by atoms with Crippen LogP contribution in [0.5, 0.6) is 11.5 Å². The van der Waals surface area contributed by atoms with Crippen LogP contribution >= 0.6 is 11.6 Å². The van der Waals surface area contributed by atoms with Crippen molar-refractivity contribution in [3.8, 4) is 11.5 Å². The molecule has 3 rings (SSSR count). The molecule has 0 saturated carbocycles. The van der Waals surface area contributed by atoms with Gasteiger partial charge in [-0.3, -0.25) is 0 Å². The number of benzene rings is 2. The number of phenolic OH excluding ortho intramolecular Hbond substituents is 1. The largest absolute Gasteiger partial charge is 0.508 e. The third-order valence-corrected chi connectivity index (χ3v) is 4.92. The van der Waals surface area contributed by atoms with Gasteiger partial charge < -0.3 is 14.7 Å². The van der Waals surface area contributed by atoms with Gasteiger partial charge in [-0.1, -0.05) is 11.6 Å². The van der Waals surface area contributed by atoms with Crippen molar-refractivity contribution < 1.29 is 9.84 Å². The number of aromatic hydroxyl groups is 1. The second-order valence-corrected chi connectivity index (χ2v) is 6.83. The van der Waals surface area contributed by atoms with Crippen LogP contribution in [0.25, 0.3) is 0 Å². The van der Waals surface area contributed by atoms with E-state index in [1.807, 2.05) is 36.4 Å². The predicted molar refractivity (Wildman–Crippen MR) is 99.2 cm³/mol. The van der Waals surface area contributed by atoms with Crippen molar-refractivity contribution in [2.75, 3.05) is 24.6 Å². The first kappa shape index (κ1) is 17.0. The zero-order valence-electron chi connectivity index (χ0n) is 13.8. The van der Waals surface area contributed by atoms with E-state index in [4.69, 9.17) is 16.3 Å². The summed E-state index contributed by atoms with van der Waals surface area (Å²) in [6.45, 7) is 2.95. The second kappa shape index (κ2) is 8.29. The molecule has 1 saturated heterocycles. The minimum Gasteiger partial charge on any atom is -0.508 e. The average Bonchev–Trinajstić information content (AvgIpc) is 2.62. The predicted octanol–water partition coefficient (Wildman–Crippen LogP) is 5.12. The summed E-state index contributed by atoms with van der Waals surface area (Å²) in [5, 5.41) is 10.1. The average molecular weight is 346 g/mol. The molecule has 1 aliphatic rings. The van der Waals surface area contributed by atoms with Gasteiger partial charge in [0, 0.05) is 23.8 Å². The van der Waals surface area contributed by atoms with E-state index in [0.29, 0.717) is 5.75 Å². The fourth-order valence-corrected chi connectivity index (χ4v) is 3.36. The summed E-state index contributed by atoms with van der Waals surface area (Å²) in [6, 6.07) is 15.1. The second-order valence-electron chi connectivity index (χ2n) is 6.39. The van der Waals surface area contributed by atoms with Crippen molar-refractivity contribution in [1.29, 1.82) is 0 Å². The van der Waals surface area contributed by atoms with Gasteiger partial charge >= 0.3 is 0 Å². The van der Waals surface area contributed by atoms with Crippen molar-refractivity contribution in [3.05, 3.63) is 53.6 Å². The van der Waals surface area contributed by atoms with Gasteiger partial charge in [-0.2, -0.15) is 0 Å². The van der Waals surface area contributed by atoms with Crippen LogP contribution in [0.1, 0.15) is 25.7 Å². The smallest absolute Gasteiger partial charge is 0.119 e. The number of anilines is 1. The van der Waals surface area contributed by atoms with Crippen LogP contribution in [0, 0.1) is 5.92 Å². The van der Waals surface area contributed by atoms with Crippen LogP contribution in [-0.4, -0.2) is 24.8 Å². The van der Waals surface area contributed by atoms with E-state index >= 15 is 0 Å². The van der Waals surface area contributed by atoms with E-state index in [-0.39, 0.29) is 0 Å². The molecule has 3 nitrogen and oxygen atoms in total. The minimum atomic E-state index is 0.328. The number of hydrogen-bond donors (Lipinski definition) is 1. The molecule has 24 heavy (non-hydrogen) atoms. The summed E-state index contributed by atoms with van der Waals surface area (Å²) in [5.41, 5.74) is 1.21. The molecule has 0 unspecified atom stereocenters. The van der Waals surface area contributed by atoms with E-state index < -0.39 is 0 Å². The molecule has 1 aliphatic heterocycles. The highest BCUT2D eigenvalue weighted by Crippen LogP contribution is 2.27. The monoisotopic (exact) mass is 345 g/mol. The summed E-state index contributed by atoms with van der Waals surface area (Å²) >= 11 is 5.87. The molecule has 0 amide bonds. The lowest BCUT2D eigenvalue weighted by Crippen LogP contribution is -2.33. The standard InChI is InChI=1S/C20H24ClNO2/c21-17-3-9-20(10-4-17)24-15-1-2-16-11-13-22(14-12-16)18-5-7-19(23)8-6-18/h3-10,16,23H,1-2,11-15H2. The topological polar surface area (TPSA) is 32.7 Å². The van der Waals surface area contributed by atoms with Gasteiger partial charge in [0.15, 0.2) is 0 Å². The Morgan fingerprint density at radius 3 is 2.33 bits per heavy atom. The molecule has 0 aromatic heterocycles. The van der Waals surface area contributed by atoms with Crippen molar-refractivity contribution in [2.24, 2.45) is 5.92 Å². The molecule has 0 aliphatic carbocycles. The molecule has 1 N–H and O–H groups in total. The molecule has 4 heteroatoms. The third-order valence-electron chi connectivity index (χ3n) is 4.67. The highest BCUT2D eigenvalue weighted by molar-refractivity contribution is 6.30. The Kier molecular flexibility index (Phi) is 5.86. The van der Waals surface area contributed by atoms with Gasteiger partial charge in [-0.25, -0.2) is 0 Å². The molecule has 128 valence electrons. The summed E-state index contributed by atoms with van der Waals surface area (Å²) in [7, 11) is 0. The lowest BCUT2D eigenvalue weighted by molar-refractivity contribution is 0.279. The van der Waals surface area contributed by atoms with E-state index in [0.717, 1.165) is 42.8 Å². The summed E-state index contributed by atoms with van der Waals surface area (Å²) in [5.74, 6) is 2.00. The number of phenols is 1. The molecule has 1 fully saturated rings. The Morgan fingerprint density at radius 2 is 1.67 bits per heavy atom. The first-order valence-electron chi connectivity index (χ1n) is 8.63. The Labute approximate surface area is 148 Å². The summed E-state index contributed by atoms with van der Waals surface area (Å²) in [4.78, 5) is 2.40. The molecular formula is C20H24ClNO2. The maximum atomic E-state index is 9.38. The van der Waals surface area contributed by atoms with Crippen molar-refractivity contribution in [3.63, 3.8) is 0 Å². The Bertz CT molecular complexity index is 619. The number of ether oxygens (including phenoxy) is 1. The third kappa shape index (κ3) is 4.81. The molecule has 0 spiro atoms. The zero-order chi connectivity index (χ0) is 16.8. The maximum Gasteiger partial charge on any atom is 0.119 e. The lowest BCUT2D eigenvalue weighted by atomic mass is 9.92. The van der Waals surface area contributed by atoms with Gasteiger partial charge in [0.05, 0.1) is 6.61 Å². The number of hydrogen-bond acceptors (Lipinski definition) is 3. The number of halogens is 1. The Hall–Kier alpha value is -1.87. The van der Waals surface area contributed by atoms with E-state index in [1.165, 1.54) is 24.9 Å². The fourth-order valence-electron chi connectivity index (χ4n) is 3.24. The Balaban J connectivity index is 1.35. The number of nitrogens with zero attached hydrogens (tertiary/aromatic N) is 1. The van der Waals surface area contributed by atoms with Gasteiger partial charge in [0.25, 0.3) is 0 Å². The first-order valence-corrected chi connectivity index (χ1v) is 9.01. The number of piperidine rings is 1. The number of rotatable bonds is 6. The fraction of sp³-hybridized carbons (Fsp3) is 0.400. The highest BCUT2D eigenvalue weighted by atomic mass is 35.5. The molecule has 1 heterocycles. The lowest BCUT2D eigenvalue weighted by Gasteiger charge is -2.33. The van der Waals surface area contributed by atoms with Gasteiger partial charge in [0.2, 0.25) is 0 Å². The Morgan fingerprint density at radius 1 is 1.00 bits per heavy atom. The molecule has 2 aromatic rings. The summed E-state index contributed by atoms with van der Waals surface area (Å²) < 4.78 is 5.76. The van der Waals surface area contributed by atoms with Crippen LogP contribution in [-0.2, 0) is 0 Å². The highest BCUT2D eigenvalue weighted by Gasteiger charge is 2.19.